The van der Waals surface area contributed by atoms with Gasteiger partial charge in [0.2, 0.25) is 5.95 Å². The first-order valence-corrected chi connectivity index (χ1v) is 21.8. The predicted octanol–water partition coefficient (Wildman–Crippen LogP) is 8.75. The van der Waals surface area contributed by atoms with Crippen molar-refractivity contribution in [2.24, 2.45) is 5.92 Å². The van der Waals surface area contributed by atoms with Gasteiger partial charge in [-0.15, -0.1) is 6.42 Å². The molecule has 2 aromatic heterocycles. The highest BCUT2D eigenvalue weighted by molar-refractivity contribution is 7.44. The van der Waals surface area contributed by atoms with Gasteiger partial charge in [0.1, 0.15) is 29.4 Å². The Balaban J connectivity index is 1.47. The van der Waals surface area contributed by atoms with Gasteiger partial charge in [0.25, 0.3) is 14.1 Å². The third-order valence-electron chi connectivity index (χ3n) is 10.5. The first kappa shape index (κ1) is 45.3. The Labute approximate surface area is 360 Å². The molecule has 0 saturated carbocycles. The van der Waals surface area contributed by atoms with E-state index in [4.69, 9.17) is 39.4 Å². The minimum atomic E-state index is -1.68. The monoisotopic (exact) mass is 848 g/mol. The number of H-pyrrole nitrogens is 1. The van der Waals surface area contributed by atoms with E-state index in [9.17, 15) is 10.1 Å². The lowest BCUT2D eigenvalue weighted by Gasteiger charge is -2.39. The number of nitrogens with zero attached hydrogens (tertiary/aromatic N) is 4. The molecule has 0 radical (unpaired) electrons. The van der Waals surface area contributed by atoms with Crippen LogP contribution in [0.4, 0.5) is 5.95 Å². The zero-order chi connectivity index (χ0) is 43.7. The standard InChI is InChI=1S/C47H57N6O7P/c1-10-34-29-52(44-43(34)45(54)51-46(50-44)49-28-31(2)3)42-27-40(60-61(58-26-14-25-48)53(32(4)5)33(6)7)41(59-42)30-57-47(35-15-12-11-13-16-35,36-17-21-38(55-8)22-18-36)37-19-23-39(56-9)24-20-37/h1,11-13,15-24,29,31-33,40-42H,14,26-28,30H2,2-9H3,(H2,49,50,51,54)/t40-,41+,42+,61?/m0/s1. The van der Waals surface area contributed by atoms with Gasteiger partial charge in [-0.1, -0.05) is 74.4 Å². The molecule has 0 bridgehead atoms. The summed E-state index contributed by atoms with van der Waals surface area (Å²) >= 11 is 0. The van der Waals surface area contributed by atoms with Gasteiger partial charge in [-0.2, -0.15) is 10.2 Å². The van der Waals surface area contributed by atoms with Crippen LogP contribution in [-0.2, 0) is 24.1 Å². The highest BCUT2D eigenvalue weighted by Gasteiger charge is 2.45. The maximum absolute atomic E-state index is 13.6. The van der Waals surface area contributed by atoms with Gasteiger partial charge in [0.05, 0.1) is 57.0 Å². The minimum Gasteiger partial charge on any atom is -0.497 e. The van der Waals surface area contributed by atoms with E-state index in [0.717, 1.165) is 16.7 Å². The number of nitrogens with one attached hydrogen (secondary N) is 2. The first-order valence-electron chi connectivity index (χ1n) is 20.7. The van der Waals surface area contributed by atoms with E-state index in [1.807, 2.05) is 83.4 Å². The molecule has 2 N–H and O–H groups in total. The van der Waals surface area contributed by atoms with Crippen LogP contribution in [0, 0.1) is 29.6 Å². The summed E-state index contributed by atoms with van der Waals surface area (Å²) in [6.45, 7) is 13.4. The summed E-state index contributed by atoms with van der Waals surface area (Å²) in [7, 11) is 1.60. The second kappa shape index (κ2) is 20.5. The van der Waals surface area contributed by atoms with E-state index in [1.165, 1.54) is 0 Å². The van der Waals surface area contributed by atoms with E-state index in [0.29, 0.717) is 52.9 Å². The zero-order valence-electron chi connectivity index (χ0n) is 36.3. The number of benzene rings is 3. The fourth-order valence-corrected chi connectivity index (χ4v) is 9.45. The average Bonchev–Trinajstić information content (AvgIpc) is 3.84. The maximum atomic E-state index is 13.6. The topological polar surface area (TPSA) is 145 Å². The molecule has 3 aromatic carbocycles. The zero-order valence-corrected chi connectivity index (χ0v) is 37.1. The fourth-order valence-electron chi connectivity index (χ4n) is 7.69. The Morgan fingerprint density at radius 3 is 2.11 bits per heavy atom. The van der Waals surface area contributed by atoms with Gasteiger partial charge in [-0.3, -0.25) is 9.78 Å². The van der Waals surface area contributed by atoms with Crippen LogP contribution in [0.2, 0.25) is 0 Å². The summed E-state index contributed by atoms with van der Waals surface area (Å²) in [4.78, 5) is 21.3. The second-order valence-corrected chi connectivity index (χ2v) is 17.3. The summed E-state index contributed by atoms with van der Waals surface area (Å²) in [6, 6.07) is 28.1. The summed E-state index contributed by atoms with van der Waals surface area (Å²) in [5, 5.41) is 13.0. The van der Waals surface area contributed by atoms with Gasteiger partial charge in [-0.05, 0) is 74.6 Å². The van der Waals surface area contributed by atoms with Crippen LogP contribution in [0.5, 0.6) is 11.5 Å². The molecule has 1 saturated heterocycles. The fraction of sp³-hybridized carbons (Fsp3) is 0.426. The molecule has 322 valence electrons. The van der Waals surface area contributed by atoms with Crippen LogP contribution in [-0.4, -0.2) is 77.5 Å². The number of aromatic nitrogens is 3. The summed E-state index contributed by atoms with van der Waals surface area (Å²) in [5.41, 5.74) is 1.93. The molecular weight excluding hydrogens is 792 g/mol. The number of fused-ring (bicyclic) bond motifs is 1. The van der Waals surface area contributed by atoms with Crippen LogP contribution in [0.25, 0.3) is 11.0 Å². The average molecular weight is 849 g/mol. The first-order chi connectivity index (χ1) is 29.4. The number of ether oxygens (including phenoxy) is 4. The number of aromatic amines is 1. The Bertz CT molecular complexity index is 2280. The molecule has 0 amide bonds. The second-order valence-electron chi connectivity index (χ2n) is 15.9. The van der Waals surface area contributed by atoms with Crippen molar-refractivity contribution in [2.75, 3.05) is 39.3 Å². The van der Waals surface area contributed by atoms with Gasteiger partial charge in [0.15, 0.2) is 5.65 Å². The SMILES string of the molecule is C#Cc1cn([C@H]2C[C@H](OP(OCCC#N)N(C(C)C)C(C)C)[C@@H](COC(c3ccccc3)(c3ccc(OC)cc3)c3ccc(OC)cc3)O2)c2nc(NCC(C)C)[nH]c(=O)c12. The van der Waals surface area contributed by atoms with Crippen molar-refractivity contribution in [3.05, 3.63) is 118 Å². The number of hydrogen-bond donors (Lipinski definition) is 2. The Hall–Kier alpha value is -5.24. The quantitative estimate of drug-likeness (QED) is 0.0336. The highest BCUT2D eigenvalue weighted by Crippen LogP contribution is 2.51. The Morgan fingerprint density at radius 1 is 0.967 bits per heavy atom. The molecule has 1 unspecified atom stereocenters. The van der Waals surface area contributed by atoms with Gasteiger partial charge < -0.3 is 37.9 Å². The Kier molecular flexibility index (Phi) is 15.3. The number of anilines is 1. The lowest BCUT2D eigenvalue weighted by Crippen LogP contribution is -2.39. The maximum Gasteiger partial charge on any atom is 0.263 e. The van der Waals surface area contributed by atoms with Crippen molar-refractivity contribution in [3.8, 4) is 29.9 Å². The normalized spacial score (nSPS) is 17.2. The van der Waals surface area contributed by atoms with Crippen LogP contribution >= 0.6 is 8.53 Å². The predicted molar refractivity (Wildman–Crippen MR) is 238 cm³/mol. The van der Waals surface area contributed by atoms with E-state index >= 15 is 0 Å². The molecule has 6 rings (SSSR count). The highest BCUT2D eigenvalue weighted by atomic mass is 31.2. The molecule has 4 atom stereocenters. The van der Waals surface area contributed by atoms with Crippen molar-refractivity contribution in [1.29, 1.82) is 5.26 Å². The molecule has 1 fully saturated rings. The summed E-state index contributed by atoms with van der Waals surface area (Å²) < 4.78 is 43.0. The third kappa shape index (κ3) is 10.1. The summed E-state index contributed by atoms with van der Waals surface area (Å²) in [5.74, 6) is 4.75. The van der Waals surface area contributed by atoms with Crippen molar-refractivity contribution in [1.82, 2.24) is 19.2 Å². The molecule has 61 heavy (non-hydrogen) atoms. The summed E-state index contributed by atoms with van der Waals surface area (Å²) in [6.07, 6.45) is 6.39. The number of nitriles is 1. The van der Waals surface area contributed by atoms with E-state index < -0.39 is 32.6 Å². The number of rotatable bonds is 20. The molecule has 0 spiro atoms. The molecule has 1 aliphatic rings. The van der Waals surface area contributed by atoms with Crippen molar-refractivity contribution >= 4 is 25.5 Å². The van der Waals surface area contributed by atoms with E-state index in [2.05, 4.69) is 68.5 Å². The molecule has 0 aliphatic carbocycles. The van der Waals surface area contributed by atoms with Crippen molar-refractivity contribution in [3.63, 3.8) is 0 Å². The van der Waals surface area contributed by atoms with Crippen molar-refractivity contribution in [2.45, 2.75) is 90.5 Å². The molecular formula is C47H57N6O7P. The Morgan fingerprint density at radius 2 is 1.57 bits per heavy atom. The van der Waals surface area contributed by atoms with Crippen LogP contribution < -0.4 is 20.3 Å². The van der Waals surface area contributed by atoms with Crippen LogP contribution in [0.1, 0.15) is 82.9 Å². The van der Waals surface area contributed by atoms with Crippen molar-refractivity contribution < 1.29 is 28.0 Å². The van der Waals surface area contributed by atoms with Gasteiger partial charge in [0, 0.05) is 31.2 Å². The smallest absolute Gasteiger partial charge is 0.263 e. The number of methoxy groups -OCH3 is 2. The molecule has 1 aliphatic heterocycles. The van der Waals surface area contributed by atoms with E-state index in [1.54, 1.807) is 20.4 Å². The third-order valence-corrected chi connectivity index (χ3v) is 12.7. The number of hydrogen-bond acceptors (Lipinski definition) is 11. The minimum absolute atomic E-state index is 0.0647. The van der Waals surface area contributed by atoms with Gasteiger partial charge >= 0.3 is 0 Å². The number of terminal acetylenes is 1. The van der Waals surface area contributed by atoms with Crippen LogP contribution in [0.15, 0.2) is 89.9 Å². The molecule has 13 nitrogen and oxygen atoms in total. The molecule has 3 heterocycles. The van der Waals surface area contributed by atoms with Crippen LogP contribution in [0.3, 0.4) is 0 Å². The molecule has 14 heteroatoms. The largest absolute Gasteiger partial charge is 0.497 e. The lowest BCUT2D eigenvalue weighted by molar-refractivity contribution is -0.0911. The van der Waals surface area contributed by atoms with Gasteiger partial charge in [-0.25, -0.2) is 4.67 Å². The molecule has 5 aromatic rings. The van der Waals surface area contributed by atoms with E-state index in [-0.39, 0.29) is 37.3 Å². The lowest BCUT2D eigenvalue weighted by atomic mass is 9.80.